The lowest BCUT2D eigenvalue weighted by Gasteiger charge is -2.20. The molecule has 154 valence electrons. The smallest absolute Gasteiger partial charge is 0.243 e. The number of benzene rings is 2. The summed E-state index contributed by atoms with van der Waals surface area (Å²) in [7, 11) is 0. The normalized spacial score (nSPS) is 12.3. The Hall–Kier alpha value is -3.14. The third-order valence-electron chi connectivity index (χ3n) is 3.83. The van der Waals surface area contributed by atoms with Crippen LogP contribution >= 0.6 is 11.6 Å². The zero-order chi connectivity index (χ0) is 21.0. The maximum Gasteiger partial charge on any atom is 0.243 e. The molecule has 0 saturated heterocycles. The van der Waals surface area contributed by atoms with Crippen LogP contribution in [0.2, 0.25) is 5.02 Å². The van der Waals surface area contributed by atoms with Crippen molar-refractivity contribution in [2.24, 2.45) is 0 Å². The molecule has 2 amide bonds. The summed E-state index contributed by atoms with van der Waals surface area (Å²) in [6, 6.07) is 4.69. The molecule has 3 N–H and O–H groups in total. The summed E-state index contributed by atoms with van der Waals surface area (Å²) < 4.78 is 50.4. The van der Waals surface area contributed by atoms with Crippen LogP contribution in [0.4, 0.5) is 24.5 Å². The molecule has 0 spiro atoms. The minimum Gasteiger partial charge on any atom is -0.486 e. The predicted octanol–water partition coefficient (Wildman–Crippen LogP) is 2.70. The van der Waals surface area contributed by atoms with Crippen molar-refractivity contribution in [2.75, 3.05) is 36.9 Å². The minimum absolute atomic E-state index is 0.216. The van der Waals surface area contributed by atoms with Gasteiger partial charge in [-0.3, -0.25) is 9.59 Å². The Bertz CT molecular complexity index is 958. The molecule has 1 heterocycles. The Morgan fingerprint density at radius 1 is 0.931 bits per heavy atom. The second-order valence-corrected chi connectivity index (χ2v) is 6.28. The lowest BCUT2D eigenvalue weighted by atomic mass is 10.2. The molecular formula is C18H15ClF3N3O4. The Morgan fingerprint density at radius 3 is 2.34 bits per heavy atom. The van der Waals surface area contributed by atoms with E-state index in [1.807, 2.05) is 5.32 Å². The number of fused-ring (bicyclic) bond motifs is 1. The largest absolute Gasteiger partial charge is 0.486 e. The van der Waals surface area contributed by atoms with Crippen LogP contribution in [0.1, 0.15) is 0 Å². The first-order chi connectivity index (χ1) is 13.8. The second-order valence-electron chi connectivity index (χ2n) is 5.88. The summed E-state index contributed by atoms with van der Waals surface area (Å²) in [4.78, 5) is 23.7. The summed E-state index contributed by atoms with van der Waals surface area (Å²) in [5.74, 6) is -5.00. The van der Waals surface area contributed by atoms with Gasteiger partial charge in [-0.2, -0.15) is 0 Å². The quantitative estimate of drug-likeness (QED) is 0.614. The van der Waals surface area contributed by atoms with E-state index in [4.69, 9.17) is 21.1 Å². The van der Waals surface area contributed by atoms with E-state index in [0.717, 1.165) is 6.07 Å². The molecule has 0 aromatic heterocycles. The van der Waals surface area contributed by atoms with Gasteiger partial charge in [-0.1, -0.05) is 11.6 Å². The van der Waals surface area contributed by atoms with Crippen LogP contribution < -0.4 is 25.4 Å². The highest BCUT2D eigenvalue weighted by molar-refractivity contribution is 6.33. The standard InChI is InChI=1S/C18H15ClF3N3O4/c19-9-5-13-14(29-4-3-28-13)6-12(9)23-7-15(26)24-8-16(27)25-11-2-1-10(20)17(21)18(11)22/h1-2,5-6,23H,3-4,7-8H2,(H,24,26)(H,25,27). The van der Waals surface area contributed by atoms with Gasteiger partial charge < -0.3 is 25.4 Å². The van der Waals surface area contributed by atoms with Gasteiger partial charge in [0.1, 0.15) is 13.2 Å². The van der Waals surface area contributed by atoms with Crippen molar-refractivity contribution >= 4 is 34.8 Å². The molecule has 0 radical (unpaired) electrons. The summed E-state index contributed by atoms with van der Waals surface area (Å²) in [6.45, 7) is 0.0806. The molecule has 11 heteroatoms. The summed E-state index contributed by atoms with van der Waals surface area (Å²) >= 11 is 6.11. The van der Waals surface area contributed by atoms with Crippen molar-refractivity contribution in [3.8, 4) is 11.5 Å². The number of rotatable bonds is 6. The fraction of sp³-hybridized carbons (Fsp3) is 0.222. The van der Waals surface area contributed by atoms with Crippen LogP contribution in [0.15, 0.2) is 24.3 Å². The SMILES string of the molecule is O=C(CNc1cc2c(cc1Cl)OCCO2)NCC(=O)Nc1ccc(F)c(F)c1F. The molecule has 2 aromatic carbocycles. The molecule has 29 heavy (non-hydrogen) atoms. The second kappa shape index (κ2) is 8.91. The van der Waals surface area contributed by atoms with Crippen LogP contribution in [0.5, 0.6) is 11.5 Å². The fourth-order valence-corrected chi connectivity index (χ4v) is 2.65. The third-order valence-corrected chi connectivity index (χ3v) is 4.14. The first-order valence-corrected chi connectivity index (χ1v) is 8.76. The summed E-state index contributed by atoms with van der Waals surface area (Å²) in [6.07, 6.45) is 0. The van der Waals surface area contributed by atoms with Crippen molar-refractivity contribution in [1.82, 2.24) is 5.32 Å². The van der Waals surface area contributed by atoms with E-state index in [1.54, 1.807) is 12.1 Å². The van der Waals surface area contributed by atoms with Crippen LogP contribution in [0, 0.1) is 17.5 Å². The lowest BCUT2D eigenvalue weighted by Crippen LogP contribution is -2.36. The number of halogens is 4. The maximum atomic E-state index is 13.5. The van der Waals surface area contributed by atoms with Gasteiger partial charge in [-0.15, -0.1) is 0 Å². The molecule has 1 aliphatic rings. The molecular weight excluding hydrogens is 415 g/mol. The first kappa shape index (κ1) is 20.6. The van der Waals surface area contributed by atoms with Gasteiger partial charge in [0.2, 0.25) is 11.8 Å². The Kier molecular flexibility index (Phi) is 6.32. The zero-order valence-electron chi connectivity index (χ0n) is 14.8. The maximum absolute atomic E-state index is 13.5. The van der Waals surface area contributed by atoms with Crippen molar-refractivity contribution in [3.05, 3.63) is 46.7 Å². The van der Waals surface area contributed by atoms with Crippen LogP contribution in [-0.4, -0.2) is 38.1 Å². The Morgan fingerprint density at radius 2 is 1.62 bits per heavy atom. The summed E-state index contributed by atoms with van der Waals surface area (Å²) in [5, 5.41) is 7.45. The minimum atomic E-state index is -1.70. The van der Waals surface area contributed by atoms with E-state index in [1.165, 1.54) is 0 Å². The molecule has 0 atom stereocenters. The molecule has 2 aromatic rings. The molecule has 0 aliphatic carbocycles. The van der Waals surface area contributed by atoms with Gasteiger partial charge in [0.15, 0.2) is 29.0 Å². The average Bonchev–Trinajstić information content (AvgIpc) is 2.71. The number of nitrogens with one attached hydrogen (secondary N) is 3. The van der Waals surface area contributed by atoms with Crippen LogP contribution in [-0.2, 0) is 9.59 Å². The third kappa shape index (κ3) is 5.02. The zero-order valence-corrected chi connectivity index (χ0v) is 15.5. The van der Waals surface area contributed by atoms with E-state index < -0.39 is 41.5 Å². The molecule has 7 nitrogen and oxygen atoms in total. The van der Waals surface area contributed by atoms with Crippen molar-refractivity contribution in [3.63, 3.8) is 0 Å². The van der Waals surface area contributed by atoms with E-state index in [0.29, 0.717) is 41.5 Å². The predicted molar refractivity (Wildman–Crippen MR) is 98.9 cm³/mol. The molecule has 1 aliphatic heterocycles. The molecule has 0 unspecified atom stereocenters. The number of carbonyl (C=O) groups excluding carboxylic acids is 2. The number of hydrogen-bond donors (Lipinski definition) is 3. The van der Waals surface area contributed by atoms with Crippen LogP contribution in [0.25, 0.3) is 0 Å². The average molecular weight is 430 g/mol. The van der Waals surface area contributed by atoms with Crippen molar-refractivity contribution < 1.29 is 32.2 Å². The van der Waals surface area contributed by atoms with Crippen molar-refractivity contribution in [1.29, 1.82) is 0 Å². The van der Waals surface area contributed by atoms with Gasteiger partial charge in [-0.05, 0) is 12.1 Å². The molecule has 3 rings (SSSR count). The van der Waals surface area contributed by atoms with Gasteiger partial charge in [0.25, 0.3) is 0 Å². The van der Waals surface area contributed by atoms with Crippen LogP contribution in [0.3, 0.4) is 0 Å². The highest BCUT2D eigenvalue weighted by atomic mass is 35.5. The lowest BCUT2D eigenvalue weighted by molar-refractivity contribution is -0.122. The van der Waals surface area contributed by atoms with Gasteiger partial charge in [-0.25, -0.2) is 13.2 Å². The Labute approximate surface area is 168 Å². The van der Waals surface area contributed by atoms with E-state index in [2.05, 4.69) is 10.6 Å². The van der Waals surface area contributed by atoms with Gasteiger partial charge in [0, 0.05) is 12.1 Å². The molecule has 0 bridgehead atoms. The van der Waals surface area contributed by atoms with E-state index in [-0.39, 0.29) is 6.54 Å². The van der Waals surface area contributed by atoms with Gasteiger partial charge in [0.05, 0.1) is 29.5 Å². The fourth-order valence-electron chi connectivity index (χ4n) is 2.43. The number of ether oxygens (including phenoxy) is 2. The van der Waals surface area contributed by atoms with E-state index >= 15 is 0 Å². The first-order valence-electron chi connectivity index (χ1n) is 8.38. The number of hydrogen-bond acceptors (Lipinski definition) is 5. The topological polar surface area (TPSA) is 88.7 Å². The summed E-state index contributed by atoms with van der Waals surface area (Å²) in [5.41, 5.74) is -0.108. The van der Waals surface area contributed by atoms with Gasteiger partial charge >= 0.3 is 0 Å². The molecule has 0 saturated carbocycles. The number of carbonyl (C=O) groups is 2. The number of anilines is 2. The van der Waals surface area contributed by atoms with Crippen molar-refractivity contribution in [2.45, 2.75) is 0 Å². The van der Waals surface area contributed by atoms with E-state index in [9.17, 15) is 22.8 Å². The Balaban J connectivity index is 1.49. The highest BCUT2D eigenvalue weighted by Crippen LogP contribution is 2.37. The highest BCUT2D eigenvalue weighted by Gasteiger charge is 2.17. The molecule has 0 fully saturated rings. The number of amides is 2. The monoisotopic (exact) mass is 429 g/mol.